The first-order chi connectivity index (χ1) is 6.45. The fraction of sp³-hybridized carbons (Fsp3) is 1.00. The molecule has 1 aliphatic rings. The van der Waals surface area contributed by atoms with Gasteiger partial charge in [-0.25, -0.2) is 0 Å². The fourth-order valence-corrected chi connectivity index (χ4v) is 2.11. The molecular weight excluding hydrogens is 170 g/mol. The Balaban J connectivity index is 2.23. The minimum Gasteiger partial charge on any atom is -0.313 e. The van der Waals surface area contributed by atoms with E-state index in [4.69, 9.17) is 0 Å². The number of hydrogen-bond acceptors (Lipinski definition) is 1. The second-order valence-electron chi connectivity index (χ2n) is 6.01. The maximum Gasteiger partial charge on any atom is 0.00619 e. The predicted molar refractivity (Wildman–Crippen MR) is 63.4 cm³/mol. The van der Waals surface area contributed by atoms with Crippen LogP contribution in [0, 0.1) is 17.3 Å². The van der Waals surface area contributed by atoms with Crippen LogP contribution in [0.25, 0.3) is 0 Å². The van der Waals surface area contributed by atoms with E-state index in [1.54, 1.807) is 0 Å². The quantitative estimate of drug-likeness (QED) is 0.688. The molecule has 0 radical (unpaired) electrons. The van der Waals surface area contributed by atoms with Gasteiger partial charge in [0.15, 0.2) is 0 Å². The minimum atomic E-state index is 0.666. The molecule has 14 heavy (non-hydrogen) atoms. The Bertz CT molecular complexity index is 168. The average Bonchev–Trinajstić information content (AvgIpc) is 2.80. The molecule has 0 bridgehead atoms. The van der Waals surface area contributed by atoms with E-state index < -0.39 is 0 Å². The minimum absolute atomic E-state index is 0.666. The highest BCUT2D eigenvalue weighted by Crippen LogP contribution is 2.50. The molecule has 0 aliphatic heterocycles. The summed E-state index contributed by atoms with van der Waals surface area (Å²) in [4.78, 5) is 0. The molecule has 0 saturated heterocycles. The number of rotatable bonds is 6. The molecule has 0 aromatic carbocycles. The van der Waals surface area contributed by atoms with E-state index in [0.29, 0.717) is 11.5 Å². The zero-order valence-electron chi connectivity index (χ0n) is 10.6. The van der Waals surface area contributed by atoms with Gasteiger partial charge < -0.3 is 5.32 Å². The van der Waals surface area contributed by atoms with E-state index in [-0.39, 0.29) is 0 Å². The molecule has 0 spiro atoms. The van der Waals surface area contributed by atoms with E-state index in [1.807, 2.05) is 0 Å². The Kier molecular flexibility index (Phi) is 4.00. The molecular formula is C13H27N. The van der Waals surface area contributed by atoms with Crippen molar-refractivity contribution in [3.8, 4) is 0 Å². The molecule has 84 valence electrons. The van der Waals surface area contributed by atoms with Gasteiger partial charge in [-0.1, -0.05) is 27.7 Å². The Hall–Kier alpha value is -0.0400. The third-order valence-corrected chi connectivity index (χ3v) is 3.60. The van der Waals surface area contributed by atoms with Crippen molar-refractivity contribution < 1.29 is 0 Å². The number of hydrogen-bond donors (Lipinski definition) is 1. The molecule has 0 aromatic heterocycles. The van der Waals surface area contributed by atoms with Crippen molar-refractivity contribution in [2.45, 2.75) is 59.9 Å². The lowest BCUT2D eigenvalue weighted by Gasteiger charge is -2.23. The summed E-state index contributed by atoms with van der Waals surface area (Å²) in [5, 5.41) is 3.69. The van der Waals surface area contributed by atoms with Crippen LogP contribution in [-0.4, -0.2) is 12.6 Å². The zero-order chi connectivity index (χ0) is 10.8. The summed E-state index contributed by atoms with van der Waals surface area (Å²) in [5.74, 6) is 1.61. The largest absolute Gasteiger partial charge is 0.313 e. The van der Waals surface area contributed by atoms with Crippen molar-refractivity contribution in [1.82, 2.24) is 5.32 Å². The van der Waals surface area contributed by atoms with Crippen molar-refractivity contribution in [2.75, 3.05) is 6.54 Å². The van der Waals surface area contributed by atoms with Crippen LogP contribution >= 0.6 is 0 Å². The molecule has 1 atom stereocenters. The topological polar surface area (TPSA) is 12.0 Å². The van der Waals surface area contributed by atoms with Gasteiger partial charge in [0, 0.05) is 12.6 Å². The van der Waals surface area contributed by atoms with Crippen LogP contribution in [0.4, 0.5) is 0 Å². The van der Waals surface area contributed by atoms with Crippen LogP contribution in [0.3, 0.4) is 0 Å². The molecule has 1 rings (SSSR count). The zero-order valence-corrected chi connectivity index (χ0v) is 10.6. The molecule has 1 saturated carbocycles. The summed E-state index contributed by atoms with van der Waals surface area (Å²) in [6.07, 6.45) is 4.30. The second kappa shape index (κ2) is 4.65. The summed E-state index contributed by atoms with van der Waals surface area (Å²) in [6, 6.07) is 0.666. The van der Waals surface area contributed by atoms with Gasteiger partial charge in [-0.15, -0.1) is 0 Å². The van der Waals surface area contributed by atoms with Gasteiger partial charge >= 0.3 is 0 Å². The summed E-state index contributed by atoms with van der Waals surface area (Å²) in [7, 11) is 0. The Morgan fingerprint density at radius 3 is 2.00 bits per heavy atom. The molecule has 1 aliphatic carbocycles. The van der Waals surface area contributed by atoms with E-state index in [9.17, 15) is 0 Å². The smallest absolute Gasteiger partial charge is 0.00619 e. The maximum atomic E-state index is 3.69. The monoisotopic (exact) mass is 197 g/mol. The van der Waals surface area contributed by atoms with E-state index in [0.717, 1.165) is 11.8 Å². The lowest BCUT2D eigenvalue weighted by Crippen LogP contribution is -2.35. The lowest BCUT2D eigenvalue weighted by atomic mass is 9.93. The Morgan fingerprint density at radius 2 is 1.64 bits per heavy atom. The Labute approximate surface area is 89.7 Å². The predicted octanol–water partition coefficient (Wildman–Crippen LogP) is 3.45. The van der Waals surface area contributed by atoms with Gasteiger partial charge in [-0.2, -0.15) is 0 Å². The molecule has 1 unspecified atom stereocenters. The molecule has 1 fully saturated rings. The second-order valence-corrected chi connectivity index (χ2v) is 6.01. The molecule has 0 amide bonds. The highest BCUT2D eigenvalue weighted by molar-refractivity contribution is 4.95. The van der Waals surface area contributed by atoms with Crippen molar-refractivity contribution in [3.05, 3.63) is 0 Å². The first-order valence-corrected chi connectivity index (χ1v) is 6.18. The first kappa shape index (κ1) is 12.0. The van der Waals surface area contributed by atoms with Gasteiger partial charge in [0.2, 0.25) is 0 Å². The van der Waals surface area contributed by atoms with Gasteiger partial charge in [0.25, 0.3) is 0 Å². The van der Waals surface area contributed by atoms with Crippen LogP contribution in [-0.2, 0) is 0 Å². The van der Waals surface area contributed by atoms with Gasteiger partial charge in [0.1, 0.15) is 0 Å². The summed E-state index contributed by atoms with van der Waals surface area (Å²) in [6.45, 7) is 12.8. The summed E-state index contributed by atoms with van der Waals surface area (Å²) < 4.78 is 0. The van der Waals surface area contributed by atoms with Crippen LogP contribution in [0.2, 0.25) is 0 Å². The van der Waals surface area contributed by atoms with Gasteiger partial charge in [0.05, 0.1) is 0 Å². The molecule has 0 heterocycles. The summed E-state index contributed by atoms with van der Waals surface area (Å²) >= 11 is 0. The lowest BCUT2D eigenvalue weighted by molar-refractivity contribution is 0.326. The fourth-order valence-electron chi connectivity index (χ4n) is 2.11. The number of nitrogens with one attached hydrogen (secondary N) is 1. The Morgan fingerprint density at radius 1 is 1.07 bits per heavy atom. The maximum absolute atomic E-state index is 3.69. The van der Waals surface area contributed by atoms with Crippen LogP contribution in [0.5, 0.6) is 0 Å². The molecule has 1 heteroatoms. The van der Waals surface area contributed by atoms with E-state index >= 15 is 0 Å². The van der Waals surface area contributed by atoms with Crippen LogP contribution in [0.1, 0.15) is 53.9 Å². The van der Waals surface area contributed by atoms with Crippen molar-refractivity contribution >= 4 is 0 Å². The van der Waals surface area contributed by atoms with E-state index in [2.05, 4.69) is 39.9 Å². The highest BCUT2D eigenvalue weighted by Gasteiger charge is 2.42. The first-order valence-electron chi connectivity index (χ1n) is 6.18. The van der Waals surface area contributed by atoms with E-state index in [1.165, 1.54) is 25.8 Å². The average molecular weight is 197 g/mol. The standard InChI is InChI=1S/C13H27N/c1-10(2)8-13(6-7-13)9-14-12(5)11(3)4/h10-12,14H,6-9H2,1-5H3. The molecule has 0 aromatic rings. The van der Waals surface area contributed by atoms with Crippen LogP contribution in [0.15, 0.2) is 0 Å². The van der Waals surface area contributed by atoms with Crippen molar-refractivity contribution in [1.29, 1.82) is 0 Å². The normalized spacial score (nSPS) is 21.6. The molecule has 1 N–H and O–H groups in total. The molecule has 1 nitrogen and oxygen atoms in total. The van der Waals surface area contributed by atoms with Gasteiger partial charge in [-0.05, 0) is 43.4 Å². The summed E-state index contributed by atoms with van der Waals surface area (Å²) in [5.41, 5.74) is 0.678. The van der Waals surface area contributed by atoms with Gasteiger partial charge in [-0.3, -0.25) is 0 Å². The third-order valence-electron chi connectivity index (χ3n) is 3.60. The van der Waals surface area contributed by atoms with Crippen molar-refractivity contribution in [2.24, 2.45) is 17.3 Å². The van der Waals surface area contributed by atoms with Crippen molar-refractivity contribution in [3.63, 3.8) is 0 Å². The SMILES string of the molecule is CC(C)CC1(CNC(C)C(C)C)CC1. The van der Waals surface area contributed by atoms with Crippen LogP contribution < -0.4 is 5.32 Å². The third kappa shape index (κ3) is 3.61. The highest BCUT2D eigenvalue weighted by atomic mass is 14.9.